The van der Waals surface area contributed by atoms with Gasteiger partial charge in [0.15, 0.2) is 0 Å². The second kappa shape index (κ2) is 3.93. The molecule has 0 spiro atoms. The standard InChI is InChI=1S/C12H16S/c1-6-9(4)12-11(8(2)3)10(5)7-13-12/h6-7H,1H2,2-5H3/b12-9+. The largest absolute Gasteiger partial charge is 0.143 e. The van der Waals surface area contributed by atoms with Crippen molar-refractivity contribution >= 4 is 22.5 Å². The zero-order chi connectivity index (χ0) is 10.0. The van der Waals surface area contributed by atoms with Crippen LogP contribution in [-0.2, 0) is 0 Å². The molecule has 1 rings (SSSR count). The molecule has 0 saturated carbocycles. The van der Waals surface area contributed by atoms with Gasteiger partial charge in [-0.3, -0.25) is 0 Å². The van der Waals surface area contributed by atoms with Gasteiger partial charge in [0.1, 0.15) is 0 Å². The molecule has 1 heteroatoms. The highest BCUT2D eigenvalue weighted by Crippen LogP contribution is 1.99. The van der Waals surface area contributed by atoms with Gasteiger partial charge in [0.2, 0.25) is 0 Å². The van der Waals surface area contributed by atoms with E-state index < -0.39 is 0 Å². The first kappa shape index (κ1) is 10.3. The summed E-state index contributed by atoms with van der Waals surface area (Å²) in [6.07, 6.45) is 1.93. The van der Waals surface area contributed by atoms with Gasteiger partial charge in [0.05, 0.1) is 0 Å². The monoisotopic (exact) mass is 192 g/mol. The van der Waals surface area contributed by atoms with Crippen LogP contribution in [0.25, 0.3) is 11.1 Å². The van der Waals surface area contributed by atoms with Gasteiger partial charge in [0, 0.05) is 4.53 Å². The van der Waals surface area contributed by atoms with Crippen LogP contribution in [0.3, 0.4) is 0 Å². The van der Waals surface area contributed by atoms with Crippen LogP contribution in [0.1, 0.15) is 26.3 Å². The number of allylic oxidation sites excluding steroid dienone is 1. The van der Waals surface area contributed by atoms with Crippen LogP contribution in [0.5, 0.6) is 0 Å². The van der Waals surface area contributed by atoms with Crippen molar-refractivity contribution in [1.82, 2.24) is 0 Å². The molecule has 0 saturated heterocycles. The Morgan fingerprint density at radius 1 is 1.38 bits per heavy atom. The summed E-state index contributed by atoms with van der Waals surface area (Å²) in [4.78, 5) is 0. The summed E-state index contributed by atoms with van der Waals surface area (Å²) >= 11 is 1.81. The summed E-state index contributed by atoms with van der Waals surface area (Å²) in [5.74, 6) is 0. The van der Waals surface area contributed by atoms with Crippen LogP contribution in [0.15, 0.2) is 18.0 Å². The van der Waals surface area contributed by atoms with Crippen molar-refractivity contribution in [3.8, 4) is 0 Å². The Bertz CT molecular complexity index is 428. The van der Waals surface area contributed by atoms with E-state index in [1.54, 1.807) is 0 Å². The number of hydrogen-bond acceptors (Lipinski definition) is 1. The predicted octanol–water partition coefficient (Wildman–Crippen LogP) is 2.60. The molecule has 1 heterocycles. The van der Waals surface area contributed by atoms with Crippen LogP contribution in [0.4, 0.5) is 0 Å². The zero-order valence-corrected chi connectivity index (χ0v) is 9.59. The van der Waals surface area contributed by atoms with E-state index >= 15 is 0 Å². The molecule has 0 aromatic carbocycles. The van der Waals surface area contributed by atoms with E-state index in [1.807, 2.05) is 17.4 Å². The van der Waals surface area contributed by atoms with Gasteiger partial charge in [0.25, 0.3) is 0 Å². The van der Waals surface area contributed by atoms with Crippen molar-refractivity contribution in [1.29, 1.82) is 0 Å². The Hall–Kier alpha value is -0.820. The van der Waals surface area contributed by atoms with Crippen molar-refractivity contribution in [3.05, 3.63) is 33.3 Å². The molecule has 13 heavy (non-hydrogen) atoms. The molecule has 0 fully saturated rings. The third-order valence-electron chi connectivity index (χ3n) is 2.14. The summed E-state index contributed by atoms with van der Waals surface area (Å²) in [6.45, 7) is 12.4. The first-order chi connectivity index (χ1) is 6.07. The number of hydrogen-bond donors (Lipinski definition) is 0. The average Bonchev–Trinajstić information content (AvgIpc) is 2.45. The van der Waals surface area contributed by atoms with Crippen LogP contribution in [-0.4, -0.2) is 0 Å². The minimum absolute atomic E-state index is 1.27. The highest BCUT2D eigenvalue weighted by atomic mass is 32.1. The maximum Gasteiger partial charge on any atom is 0.0373 e. The number of rotatable bonds is 1. The lowest BCUT2D eigenvalue weighted by atomic mass is 10.1. The van der Waals surface area contributed by atoms with E-state index in [0.717, 1.165) is 0 Å². The van der Waals surface area contributed by atoms with Gasteiger partial charge >= 0.3 is 0 Å². The third kappa shape index (κ3) is 1.92. The zero-order valence-electron chi connectivity index (χ0n) is 8.77. The van der Waals surface area contributed by atoms with Gasteiger partial charge in [-0.05, 0) is 49.4 Å². The second-order valence-electron chi connectivity index (χ2n) is 3.51. The van der Waals surface area contributed by atoms with E-state index in [4.69, 9.17) is 0 Å². The number of thiophene rings is 1. The highest BCUT2D eigenvalue weighted by molar-refractivity contribution is 7.08. The molecule has 0 bridgehead atoms. The quantitative estimate of drug-likeness (QED) is 0.641. The van der Waals surface area contributed by atoms with Crippen LogP contribution >= 0.6 is 11.3 Å². The lowest BCUT2D eigenvalue weighted by Crippen LogP contribution is -2.23. The molecule has 0 aliphatic carbocycles. The first-order valence-electron chi connectivity index (χ1n) is 4.43. The molecule has 1 aromatic rings. The summed E-state index contributed by atoms with van der Waals surface area (Å²) < 4.78 is 1.37. The van der Waals surface area contributed by atoms with E-state index in [2.05, 4.69) is 39.7 Å². The Kier molecular flexibility index (Phi) is 3.10. The normalized spacial score (nSPS) is 12.6. The van der Waals surface area contributed by atoms with E-state index in [1.165, 1.54) is 26.5 Å². The summed E-state index contributed by atoms with van der Waals surface area (Å²) in [7, 11) is 0. The van der Waals surface area contributed by atoms with Crippen LogP contribution in [0, 0.1) is 6.92 Å². The SMILES string of the molecule is C=C/C(C)=c1/scc(C)c1=C(C)C. The molecule has 1 aromatic heterocycles. The van der Waals surface area contributed by atoms with E-state index in [-0.39, 0.29) is 0 Å². The van der Waals surface area contributed by atoms with Crippen LogP contribution < -0.4 is 9.75 Å². The van der Waals surface area contributed by atoms with Gasteiger partial charge < -0.3 is 0 Å². The molecule has 0 amide bonds. The molecule has 0 nitrogen and oxygen atoms in total. The molecule has 0 aliphatic rings. The average molecular weight is 192 g/mol. The molecule has 0 unspecified atom stereocenters. The molecule has 0 atom stereocenters. The Labute approximate surface area is 83.9 Å². The fourth-order valence-electron chi connectivity index (χ4n) is 1.45. The maximum atomic E-state index is 3.81. The van der Waals surface area contributed by atoms with Gasteiger partial charge in [-0.1, -0.05) is 18.2 Å². The van der Waals surface area contributed by atoms with Crippen molar-refractivity contribution in [2.45, 2.75) is 27.7 Å². The topological polar surface area (TPSA) is 0 Å². The molecular formula is C12H16S. The minimum Gasteiger partial charge on any atom is -0.143 e. The van der Waals surface area contributed by atoms with E-state index in [9.17, 15) is 0 Å². The van der Waals surface area contributed by atoms with Crippen molar-refractivity contribution < 1.29 is 0 Å². The van der Waals surface area contributed by atoms with Gasteiger partial charge in [-0.25, -0.2) is 0 Å². The lowest BCUT2D eigenvalue weighted by molar-refractivity contribution is 1.40. The van der Waals surface area contributed by atoms with Gasteiger partial charge in [-0.15, -0.1) is 11.3 Å². The maximum absolute atomic E-state index is 3.81. The van der Waals surface area contributed by atoms with Crippen molar-refractivity contribution in [2.75, 3.05) is 0 Å². The molecule has 0 radical (unpaired) electrons. The molecule has 70 valence electrons. The van der Waals surface area contributed by atoms with E-state index in [0.29, 0.717) is 0 Å². The molecule has 0 aliphatic heterocycles. The lowest BCUT2D eigenvalue weighted by Gasteiger charge is -1.92. The fourth-order valence-corrected chi connectivity index (χ4v) is 2.61. The van der Waals surface area contributed by atoms with Crippen molar-refractivity contribution in [3.63, 3.8) is 0 Å². The fraction of sp³-hybridized carbons (Fsp3) is 0.333. The van der Waals surface area contributed by atoms with Crippen molar-refractivity contribution in [2.24, 2.45) is 0 Å². The molecule has 0 N–H and O–H groups in total. The second-order valence-corrected chi connectivity index (χ2v) is 4.39. The smallest absolute Gasteiger partial charge is 0.0373 e. The molecular weight excluding hydrogens is 176 g/mol. The first-order valence-corrected chi connectivity index (χ1v) is 5.31. The van der Waals surface area contributed by atoms with Gasteiger partial charge in [-0.2, -0.15) is 0 Å². The Morgan fingerprint density at radius 2 is 2.00 bits per heavy atom. The Morgan fingerprint density at radius 3 is 2.46 bits per heavy atom. The van der Waals surface area contributed by atoms with Crippen LogP contribution in [0.2, 0.25) is 0 Å². The summed E-state index contributed by atoms with van der Waals surface area (Å²) in [6, 6.07) is 0. The Balaban J connectivity index is 3.80. The summed E-state index contributed by atoms with van der Waals surface area (Å²) in [5, 5.41) is 3.62. The highest BCUT2D eigenvalue weighted by Gasteiger charge is 1.97. The third-order valence-corrected chi connectivity index (χ3v) is 3.37. The minimum atomic E-state index is 1.27. The number of aryl methyl sites for hydroxylation is 1. The predicted molar refractivity (Wildman–Crippen MR) is 62.3 cm³/mol. The summed E-state index contributed by atoms with van der Waals surface area (Å²) in [5.41, 5.74) is 4.03.